The van der Waals surface area contributed by atoms with Gasteiger partial charge in [0.05, 0.1) is 18.8 Å². The van der Waals surface area contributed by atoms with Crippen molar-refractivity contribution in [3.63, 3.8) is 0 Å². The van der Waals surface area contributed by atoms with Crippen LogP contribution in [0.15, 0.2) is 78.9 Å². The molecule has 2 saturated heterocycles. The van der Waals surface area contributed by atoms with E-state index in [1.54, 1.807) is 12.1 Å². The van der Waals surface area contributed by atoms with Gasteiger partial charge >= 0.3 is 5.97 Å². The summed E-state index contributed by atoms with van der Waals surface area (Å²) in [5, 5.41) is 12.5. The lowest BCUT2D eigenvalue weighted by molar-refractivity contribution is -0.253. The van der Waals surface area contributed by atoms with Crippen molar-refractivity contribution in [1.29, 1.82) is 0 Å². The topological polar surface area (TPSA) is 97.3 Å². The van der Waals surface area contributed by atoms with Crippen molar-refractivity contribution < 1.29 is 28.9 Å². The zero-order chi connectivity index (χ0) is 29.7. The molecule has 2 fully saturated rings. The Morgan fingerprint density at radius 3 is 2.45 bits per heavy atom. The largest absolute Gasteiger partial charge is 0.459 e. The summed E-state index contributed by atoms with van der Waals surface area (Å²) in [6.07, 6.45) is 1.14. The number of rotatable bonds is 8. The first-order valence-electron chi connectivity index (χ1n) is 14.6. The molecule has 2 N–H and O–H groups in total. The summed E-state index contributed by atoms with van der Waals surface area (Å²) < 4.78 is 18.8. The molecule has 8 heteroatoms. The summed E-state index contributed by atoms with van der Waals surface area (Å²) in [6.45, 7) is 7.01. The van der Waals surface area contributed by atoms with Gasteiger partial charge in [-0.2, -0.15) is 0 Å². The van der Waals surface area contributed by atoms with Crippen molar-refractivity contribution >= 4 is 17.6 Å². The third-order valence-corrected chi connectivity index (χ3v) is 7.55. The number of hydrogen-bond acceptors (Lipinski definition) is 7. The van der Waals surface area contributed by atoms with Gasteiger partial charge in [-0.15, -0.1) is 0 Å². The number of carbonyl (C=O) groups excluding carboxylic acids is 2. The molecule has 0 radical (unpaired) electrons. The highest BCUT2D eigenvalue weighted by molar-refractivity contribution is 6.04. The van der Waals surface area contributed by atoms with Crippen LogP contribution in [0.3, 0.4) is 0 Å². The summed E-state index contributed by atoms with van der Waals surface area (Å²) in [5.74, 6) is -0.387. The van der Waals surface area contributed by atoms with E-state index in [0.29, 0.717) is 24.2 Å². The Morgan fingerprint density at radius 1 is 0.976 bits per heavy atom. The first-order chi connectivity index (χ1) is 20.2. The molecule has 3 aromatic rings. The molecule has 3 aromatic carbocycles. The van der Waals surface area contributed by atoms with Gasteiger partial charge in [-0.1, -0.05) is 54.6 Å². The smallest absolute Gasteiger partial charge is 0.323 e. The number of ether oxygens (including phenoxy) is 3. The standard InChI is InChI=1S/C34H40N2O6/c1-34(2,3)42-32(39)29-13-8-18-36(29)21-28-20-30(24-16-14-23(22-37)15-17-24)41-33(40-28)26-11-7-12-27(19-26)35-31(38)25-9-5-4-6-10-25/h4-7,9-12,14-17,19,28-30,33,37H,8,13,18,20-22H2,1-3H3,(H,35,38). The van der Waals surface area contributed by atoms with Crippen LogP contribution in [0.1, 0.15) is 79.5 Å². The maximum absolute atomic E-state index is 13.0. The maximum atomic E-state index is 13.0. The van der Waals surface area contributed by atoms with Gasteiger partial charge in [-0.05, 0) is 75.5 Å². The fourth-order valence-corrected chi connectivity index (χ4v) is 5.53. The maximum Gasteiger partial charge on any atom is 0.323 e. The molecule has 0 aromatic heterocycles. The van der Waals surface area contributed by atoms with E-state index in [-0.39, 0.29) is 36.7 Å². The highest BCUT2D eigenvalue weighted by Crippen LogP contribution is 2.39. The highest BCUT2D eigenvalue weighted by Gasteiger charge is 2.39. The van der Waals surface area contributed by atoms with E-state index in [1.807, 2.05) is 87.5 Å². The Kier molecular flexibility index (Phi) is 9.38. The number of carbonyl (C=O) groups is 2. The van der Waals surface area contributed by atoms with Gasteiger partial charge in [-0.25, -0.2) is 0 Å². The monoisotopic (exact) mass is 572 g/mol. The van der Waals surface area contributed by atoms with Crippen LogP contribution in [0.2, 0.25) is 0 Å². The molecular weight excluding hydrogens is 532 g/mol. The van der Waals surface area contributed by atoms with E-state index >= 15 is 0 Å². The van der Waals surface area contributed by atoms with Gasteiger partial charge in [0.15, 0.2) is 6.29 Å². The summed E-state index contributed by atoms with van der Waals surface area (Å²) in [5.41, 5.74) is 3.28. The molecule has 8 nitrogen and oxygen atoms in total. The molecule has 2 heterocycles. The first kappa shape index (κ1) is 29.9. The van der Waals surface area contributed by atoms with E-state index < -0.39 is 11.9 Å². The van der Waals surface area contributed by atoms with Crippen LogP contribution in [0, 0.1) is 0 Å². The lowest BCUT2D eigenvalue weighted by Crippen LogP contribution is -2.45. The van der Waals surface area contributed by atoms with Crippen molar-refractivity contribution in [2.75, 3.05) is 18.4 Å². The van der Waals surface area contributed by atoms with Crippen molar-refractivity contribution in [3.05, 3.63) is 101 Å². The number of nitrogens with one attached hydrogen (secondary N) is 1. The van der Waals surface area contributed by atoms with Crippen LogP contribution in [0.4, 0.5) is 5.69 Å². The second-order valence-corrected chi connectivity index (χ2v) is 12.0. The average molecular weight is 573 g/mol. The van der Waals surface area contributed by atoms with Gasteiger partial charge in [0, 0.05) is 29.8 Å². The van der Waals surface area contributed by atoms with Gasteiger partial charge in [0.1, 0.15) is 11.6 Å². The molecule has 0 saturated carbocycles. The minimum atomic E-state index is -0.678. The predicted octanol–water partition coefficient (Wildman–Crippen LogP) is 5.78. The first-order valence-corrected chi connectivity index (χ1v) is 14.6. The van der Waals surface area contributed by atoms with E-state index in [4.69, 9.17) is 14.2 Å². The fraction of sp³-hybridized carbons (Fsp3) is 0.412. The number of esters is 1. The molecule has 4 unspecified atom stereocenters. The number of anilines is 1. The summed E-state index contributed by atoms with van der Waals surface area (Å²) in [7, 11) is 0. The molecule has 222 valence electrons. The molecular formula is C34H40N2O6. The van der Waals surface area contributed by atoms with Crippen molar-refractivity contribution in [3.8, 4) is 0 Å². The quantitative estimate of drug-likeness (QED) is 0.330. The van der Waals surface area contributed by atoms with Crippen LogP contribution >= 0.6 is 0 Å². The minimum Gasteiger partial charge on any atom is -0.459 e. The number of aliphatic hydroxyl groups is 1. The Hall–Kier alpha value is -3.56. The molecule has 0 aliphatic carbocycles. The lowest BCUT2D eigenvalue weighted by atomic mass is 9.99. The zero-order valence-electron chi connectivity index (χ0n) is 24.5. The van der Waals surface area contributed by atoms with Crippen LogP contribution in [-0.2, 0) is 25.6 Å². The third-order valence-electron chi connectivity index (χ3n) is 7.55. The highest BCUT2D eigenvalue weighted by atomic mass is 16.7. The molecule has 2 aliphatic rings. The molecule has 5 rings (SSSR count). The SMILES string of the molecule is CC(C)(C)OC(=O)C1CCCN1CC1CC(c2ccc(CO)cc2)OC(c2cccc(NC(=O)c3ccccc3)c2)O1. The summed E-state index contributed by atoms with van der Waals surface area (Å²) in [4.78, 5) is 27.9. The Morgan fingerprint density at radius 2 is 1.74 bits per heavy atom. The van der Waals surface area contributed by atoms with E-state index in [1.165, 1.54) is 0 Å². The van der Waals surface area contributed by atoms with Crippen molar-refractivity contribution in [2.24, 2.45) is 0 Å². The minimum absolute atomic E-state index is 0.0251. The molecule has 0 bridgehead atoms. The second-order valence-electron chi connectivity index (χ2n) is 12.0. The van der Waals surface area contributed by atoms with Crippen molar-refractivity contribution in [2.45, 2.75) is 76.8 Å². The number of amides is 1. The van der Waals surface area contributed by atoms with Crippen LogP contribution in [0.5, 0.6) is 0 Å². The van der Waals surface area contributed by atoms with Gasteiger partial charge in [0.25, 0.3) is 5.91 Å². The normalized spacial score (nSPS) is 23.0. The number of hydrogen-bond donors (Lipinski definition) is 2. The molecule has 2 aliphatic heterocycles. The van der Waals surface area contributed by atoms with Crippen LogP contribution < -0.4 is 5.32 Å². The average Bonchev–Trinajstić information content (AvgIpc) is 3.45. The number of aliphatic hydroxyl groups excluding tert-OH is 1. The van der Waals surface area contributed by atoms with Crippen LogP contribution in [0.25, 0.3) is 0 Å². The van der Waals surface area contributed by atoms with E-state index in [9.17, 15) is 14.7 Å². The molecule has 4 atom stereocenters. The van der Waals surface area contributed by atoms with Gasteiger partial charge in [-0.3, -0.25) is 14.5 Å². The Bertz CT molecular complexity index is 1350. The van der Waals surface area contributed by atoms with E-state index in [0.717, 1.165) is 36.1 Å². The predicted molar refractivity (Wildman–Crippen MR) is 160 cm³/mol. The Balaban J connectivity index is 1.36. The fourth-order valence-electron chi connectivity index (χ4n) is 5.53. The van der Waals surface area contributed by atoms with Gasteiger partial charge < -0.3 is 24.6 Å². The van der Waals surface area contributed by atoms with E-state index in [2.05, 4.69) is 10.2 Å². The van der Waals surface area contributed by atoms with Crippen LogP contribution in [-0.4, -0.2) is 52.7 Å². The van der Waals surface area contributed by atoms with Crippen molar-refractivity contribution in [1.82, 2.24) is 4.90 Å². The summed E-state index contributed by atoms with van der Waals surface area (Å²) in [6, 6.07) is 24.0. The summed E-state index contributed by atoms with van der Waals surface area (Å²) >= 11 is 0. The lowest BCUT2D eigenvalue weighted by Gasteiger charge is -2.38. The number of nitrogens with zero attached hydrogens (tertiary/aromatic N) is 1. The molecule has 42 heavy (non-hydrogen) atoms. The molecule has 1 amide bonds. The Labute approximate surface area is 247 Å². The third kappa shape index (κ3) is 7.63. The zero-order valence-corrected chi connectivity index (χ0v) is 24.5. The second kappa shape index (κ2) is 13.2. The number of likely N-dealkylation sites (tertiary alicyclic amines) is 1. The number of benzene rings is 3. The molecule has 0 spiro atoms. The van der Waals surface area contributed by atoms with Gasteiger partial charge in [0.2, 0.25) is 0 Å².